The Morgan fingerprint density at radius 2 is 2.19 bits per heavy atom. The predicted molar refractivity (Wildman–Crippen MR) is 71.1 cm³/mol. The van der Waals surface area contributed by atoms with Crippen molar-refractivity contribution in [2.75, 3.05) is 13.1 Å². The van der Waals surface area contributed by atoms with E-state index in [0.717, 1.165) is 19.5 Å². The first-order chi connectivity index (χ1) is 7.22. The van der Waals surface area contributed by atoms with Crippen LogP contribution in [-0.4, -0.2) is 17.4 Å². The van der Waals surface area contributed by atoms with Crippen LogP contribution in [0.5, 0.6) is 0 Å². The van der Waals surface area contributed by atoms with Crippen LogP contribution in [0.15, 0.2) is 23.8 Å². The molecule has 0 aliphatic heterocycles. The van der Waals surface area contributed by atoms with Gasteiger partial charge in [0.2, 0.25) is 0 Å². The first-order valence-electron chi connectivity index (χ1n) is 5.98. The summed E-state index contributed by atoms with van der Waals surface area (Å²) in [6.45, 7) is 6.60. The maximum Gasteiger partial charge on any atom is 0.00927 e. The van der Waals surface area contributed by atoms with E-state index < -0.39 is 0 Å². The van der Waals surface area contributed by atoms with Gasteiger partial charge in [-0.2, -0.15) is 0 Å². The van der Waals surface area contributed by atoms with Crippen LogP contribution < -0.4 is 0 Å². The van der Waals surface area contributed by atoms with E-state index in [1.807, 2.05) is 0 Å². The van der Waals surface area contributed by atoms with Crippen LogP contribution in [0.25, 0.3) is 0 Å². The number of hydrogen-bond acceptors (Lipinski definition) is 2. The van der Waals surface area contributed by atoms with Crippen molar-refractivity contribution in [1.29, 1.82) is 0 Å². The quantitative estimate of drug-likeness (QED) is 0.596. The largest absolute Gasteiger partial charge is 0.253 e. The molecule has 0 fully saturated rings. The van der Waals surface area contributed by atoms with Gasteiger partial charge in [-0.1, -0.05) is 43.5 Å². The van der Waals surface area contributed by atoms with Gasteiger partial charge in [0.05, 0.1) is 0 Å². The number of thiol groups is 1. The predicted octanol–water partition coefficient (Wildman–Crippen LogP) is 3.84. The van der Waals surface area contributed by atoms with Crippen molar-refractivity contribution in [3.05, 3.63) is 23.8 Å². The topological polar surface area (TPSA) is 3.24 Å². The summed E-state index contributed by atoms with van der Waals surface area (Å²) < 4.78 is 2.13. The summed E-state index contributed by atoms with van der Waals surface area (Å²) in [5, 5.41) is 0. The van der Waals surface area contributed by atoms with E-state index >= 15 is 0 Å². The molecule has 0 saturated carbocycles. The number of hydrogen-bond donors (Lipinski definition) is 1. The van der Waals surface area contributed by atoms with Gasteiger partial charge in [0.1, 0.15) is 0 Å². The molecule has 1 rings (SSSR count). The molecule has 1 aliphatic rings. The second kappa shape index (κ2) is 9.88. The molecule has 0 saturated heterocycles. The molecule has 0 aromatic carbocycles. The van der Waals surface area contributed by atoms with Crippen molar-refractivity contribution in [1.82, 2.24) is 4.31 Å². The summed E-state index contributed by atoms with van der Waals surface area (Å²) >= 11 is 4.45. The summed E-state index contributed by atoms with van der Waals surface area (Å²) in [4.78, 5) is 0. The number of rotatable bonds is 5. The minimum absolute atomic E-state index is 0. The zero-order valence-corrected chi connectivity index (χ0v) is 14.3. The summed E-state index contributed by atoms with van der Waals surface area (Å²) in [6.07, 6.45) is 11.8. The third kappa shape index (κ3) is 7.26. The van der Waals surface area contributed by atoms with Gasteiger partial charge < -0.3 is 0 Å². The van der Waals surface area contributed by atoms with Gasteiger partial charge in [-0.3, -0.25) is 4.31 Å². The molecule has 0 heterocycles. The van der Waals surface area contributed by atoms with Crippen molar-refractivity contribution in [3.8, 4) is 0 Å². The van der Waals surface area contributed by atoms with Crippen LogP contribution >= 0.6 is 12.8 Å². The number of nitrogens with zero attached hydrogens (tertiary/aromatic N) is 1. The average Bonchev–Trinajstić information content (AvgIpc) is 2.41. The van der Waals surface area contributed by atoms with Crippen LogP contribution in [-0.2, 0) is 32.7 Å². The second-order valence-corrected chi connectivity index (χ2v) is 4.99. The van der Waals surface area contributed by atoms with Crippen LogP contribution in [0.1, 0.15) is 39.5 Å². The van der Waals surface area contributed by atoms with E-state index in [1.54, 1.807) is 0 Å². The molecule has 1 radical (unpaired) electrons. The van der Waals surface area contributed by atoms with Gasteiger partial charge in [-0.05, 0) is 38.5 Å². The van der Waals surface area contributed by atoms with E-state index in [-0.39, 0.29) is 32.7 Å². The molecule has 0 bridgehead atoms. The van der Waals surface area contributed by atoms with Crippen LogP contribution in [0, 0.1) is 5.92 Å². The Hall–Kier alpha value is 0.894. The van der Waals surface area contributed by atoms with Crippen molar-refractivity contribution >= 4 is 12.8 Å². The van der Waals surface area contributed by atoms with Gasteiger partial charge in [0.25, 0.3) is 0 Å². The van der Waals surface area contributed by atoms with Crippen LogP contribution in [0.2, 0.25) is 0 Å². The maximum atomic E-state index is 4.45. The average molecular weight is 314 g/mol. The van der Waals surface area contributed by atoms with E-state index in [4.69, 9.17) is 0 Å². The van der Waals surface area contributed by atoms with Crippen molar-refractivity contribution in [2.24, 2.45) is 5.92 Å². The molecule has 0 spiro atoms. The monoisotopic (exact) mass is 314 g/mol. The molecular weight excluding hydrogens is 291 g/mol. The zero-order chi connectivity index (χ0) is 11.1. The first-order valence-corrected chi connectivity index (χ1v) is 6.38. The summed E-state index contributed by atoms with van der Waals surface area (Å²) in [5.74, 6) is 0.717. The van der Waals surface area contributed by atoms with Crippen molar-refractivity contribution in [3.63, 3.8) is 0 Å². The number of allylic oxidation sites excluding steroid dienone is 4. The van der Waals surface area contributed by atoms with E-state index in [9.17, 15) is 0 Å². The summed E-state index contributed by atoms with van der Waals surface area (Å²) in [7, 11) is 0. The minimum Gasteiger partial charge on any atom is -0.253 e. The Kier molecular flexibility index (Phi) is 10.4. The van der Waals surface area contributed by atoms with Crippen LogP contribution in [0.4, 0.5) is 0 Å². The molecule has 16 heavy (non-hydrogen) atoms. The van der Waals surface area contributed by atoms with Crippen molar-refractivity contribution < 1.29 is 32.7 Å². The molecule has 3 heteroatoms. The smallest absolute Gasteiger partial charge is 0.00927 e. The Morgan fingerprint density at radius 1 is 1.44 bits per heavy atom. The molecular formula is C13H23NSY. The fraction of sp³-hybridized carbons (Fsp3) is 0.692. The zero-order valence-electron chi connectivity index (χ0n) is 10.5. The SMILES string of the molecule is CCCN(S)CCC1C=CCC(C)=CC1.[Y]. The third-order valence-electron chi connectivity index (χ3n) is 2.86. The van der Waals surface area contributed by atoms with Crippen molar-refractivity contribution in [2.45, 2.75) is 39.5 Å². The molecule has 89 valence electrons. The fourth-order valence-electron chi connectivity index (χ4n) is 1.86. The van der Waals surface area contributed by atoms with Gasteiger partial charge in [-0.15, -0.1) is 0 Å². The molecule has 1 unspecified atom stereocenters. The molecule has 1 nitrogen and oxygen atoms in total. The van der Waals surface area contributed by atoms with Crippen LogP contribution in [0.3, 0.4) is 0 Å². The standard InChI is InChI=1S/C13H23NS.Y/c1-3-10-14(15)11-9-13-6-4-5-12(2)7-8-13;/h4,6-7,13,15H,3,5,8-11H2,1-2H3;. The van der Waals surface area contributed by atoms with E-state index in [1.165, 1.54) is 24.8 Å². The Balaban J connectivity index is 0.00000225. The Labute approximate surface area is 131 Å². The molecule has 1 atom stereocenters. The summed E-state index contributed by atoms with van der Waals surface area (Å²) in [5.41, 5.74) is 1.50. The normalized spacial score (nSPS) is 20.2. The maximum absolute atomic E-state index is 4.45. The molecule has 1 aliphatic carbocycles. The van der Waals surface area contributed by atoms with E-state index in [0.29, 0.717) is 5.92 Å². The third-order valence-corrected chi connectivity index (χ3v) is 3.26. The Bertz CT molecular complexity index is 238. The van der Waals surface area contributed by atoms with Gasteiger partial charge in [0.15, 0.2) is 0 Å². The second-order valence-electron chi connectivity index (χ2n) is 4.42. The molecule has 0 amide bonds. The summed E-state index contributed by atoms with van der Waals surface area (Å²) in [6, 6.07) is 0. The first kappa shape index (κ1) is 16.9. The molecule has 0 aromatic rings. The van der Waals surface area contributed by atoms with Gasteiger partial charge >= 0.3 is 0 Å². The van der Waals surface area contributed by atoms with E-state index in [2.05, 4.69) is 49.2 Å². The molecule has 0 aromatic heterocycles. The van der Waals surface area contributed by atoms with Gasteiger partial charge in [0, 0.05) is 45.8 Å². The Morgan fingerprint density at radius 3 is 2.88 bits per heavy atom. The minimum atomic E-state index is 0. The van der Waals surface area contributed by atoms with Gasteiger partial charge in [-0.25, -0.2) is 0 Å². The molecule has 0 N–H and O–H groups in total. The fourth-order valence-corrected chi connectivity index (χ4v) is 2.18.